The molecule has 1 saturated heterocycles. The molecule has 1 aliphatic carbocycles. The maximum Gasteiger partial charge on any atom is 0.510 e. The molecule has 3 rings (SSSR count). The fourth-order valence-corrected chi connectivity index (χ4v) is 2.24. The van der Waals surface area contributed by atoms with Crippen molar-refractivity contribution in [1.29, 1.82) is 0 Å². The zero-order valence-corrected chi connectivity index (χ0v) is 10.5. The van der Waals surface area contributed by atoms with Crippen molar-refractivity contribution in [2.24, 2.45) is 0 Å². The highest BCUT2D eigenvalue weighted by atomic mass is 16.5. The fourth-order valence-electron chi connectivity index (χ4n) is 2.24. The minimum Gasteiger partial charge on any atom is -0.422 e. The number of hydrogen-bond acceptors (Lipinski definition) is 6. The Kier molecular flexibility index (Phi) is 3.30. The Morgan fingerprint density at radius 3 is 2.58 bits per heavy atom. The van der Waals surface area contributed by atoms with Gasteiger partial charge in [0.05, 0.1) is 24.8 Å². The van der Waals surface area contributed by atoms with Gasteiger partial charge in [0.1, 0.15) is 5.69 Å². The molecule has 0 aromatic carbocycles. The molecule has 1 aromatic rings. The van der Waals surface area contributed by atoms with E-state index in [-0.39, 0.29) is 17.2 Å². The van der Waals surface area contributed by atoms with Gasteiger partial charge in [0.2, 0.25) is 0 Å². The van der Waals surface area contributed by atoms with Gasteiger partial charge < -0.3 is 19.7 Å². The van der Waals surface area contributed by atoms with E-state index in [1.54, 1.807) is 0 Å². The number of nitrogens with zero attached hydrogens (tertiary/aromatic N) is 3. The standard InChI is InChI=1S/C11H16BN3O4/c16-11-9(14-3-5-19-6-4-14)7-10(12(17)18)13-15(11)8-1-2-8/h7-8,17-18H,1-6H2. The third kappa shape index (κ3) is 2.51. The third-order valence-corrected chi connectivity index (χ3v) is 3.44. The molecule has 8 heteroatoms. The predicted molar refractivity (Wildman–Crippen MR) is 69.6 cm³/mol. The lowest BCUT2D eigenvalue weighted by atomic mass is 9.86. The number of rotatable bonds is 3. The third-order valence-electron chi connectivity index (χ3n) is 3.44. The van der Waals surface area contributed by atoms with Crippen LogP contribution >= 0.6 is 0 Å². The van der Waals surface area contributed by atoms with E-state index in [4.69, 9.17) is 4.74 Å². The first-order valence-electron chi connectivity index (χ1n) is 6.49. The van der Waals surface area contributed by atoms with Gasteiger partial charge in [0.15, 0.2) is 0 Å². The number of hydrogen-bond donors (Lipinski definition) is 2. The van der Waals surface area contributed by atoms with Gasteiger partial charge in [-0.3, -0.25) is 4.79 Å². The molecule has 0 amide bonds. The normalized spacial score (nSPS) is 19.6. The highest BCUT2D eigenvalue weighted by Gasteiger charge is 2.30. The first-order valence-corrected chi connectivity index (χ1v) is 6.49. The number of aromatic nitrogens is 2. The van der Waals surface area contributed by atoms with Crippen molar-refractivity contribution < 1.29 is 14.8 Å². The van der Waals surface area contributed by atoms with Crippen molar-refractivity contribution in [2.75, 3.05) is 31.2 Å². The van der Waals surface area contributed by atoms with Crippen molar-refractivity contribution in [2.45, 2.75) is 18.9 Å². The Morgan fingerprint density at radius 2 is 2.00 bits per heavy atom. The molecule has 1 aromatic heterocycles. The molecular formula is C11H16BN3O4. The van der Waals surface area contributed by atoms with Crippen LogP contribution in [0.15, 0.2) is 10.9 Å². The summed E-state index contributed by atoms with van der Waals surface area (Å²) in [6.07, 6.45) is 1.83. The van der Waals surface area contributed by atoms with Crippen molar-refractivity contribution in [3.63, 3.8) is 0 Å². The molecule has 2 fully saturated rings. The van der Waals surface area contributed by atoms with Gasteiger partial charge in [-0.2, -0.15) is 5.10 Å². The molecule has 7 nitrogen and oxygen atoms in total. The van der Waals surface area contributed by atoms with E-state index in [9.17, 15) is 14.8 Å². The van der Waals surface area contributed by atoms with Crippen molar-refractivity contribution >= 4 is 18.4 Å². The van der Waals surface area contributed by atoms with Gasteiger partial charge in [-0.15, -0.1) is 0 Å². The van der Waals surface area contributed by atoms with Gasteiger partial charge in [-0.1, -0.05) is 0 Å². The summed E-state index contributed by atoms with van der Waals surface area (Å²) in [6, 6.07) is 1.57. The minimum atomic E-state index is -1.66. The molecule has 0 spiro atoms. The second-order valence-corrected chi connectivity index (χ2v) is 4.91. The fraction of sp³-hybridized carbons (Fsp3) is 0.636. The SMILES string of the molecule is O=c1c(N2CCOCC2)cc(B(O)O)nn1C1CC1. The van der Waals surface area contributed by atoms with Crippen LogP contribution in [0, 0.1) is 0 Å². The van der Waals surface area contributed by atoms with E-state index in [1.807, 2.05) is 4.90 Å². The molecule has 1 saturated carbocycles. The van der Waals surface area contributed by atoms with Crippen LogP contribution in [-0.2, 0) is 4.74 Å². The van der Waals surface area contributed by atoms with Gasteiger partial charge in [0.25, 0.3) is 5.56 Å². The summed E-state index contributed by atoms with van der Waals surface area (Å²) in [5, 5.41) is 22.6. The lowest BCUT2D eigenvalue weighted by Gasteiger charge is -2.28. The number of morpholine rings is 1. The van der Waals surface area contributed by atoms with Crippen LogP contribution in [0.1, 0.15) is 18.9 Å². The average Bonchev–Trinajstić information content (AvgIpc) is 3.24. The largest absolute Gasteiger partial charge is 0.510 e. The van der Waals surface area contributed by atoms with Crippen LogP contribution < -0.4 is 16.1 Å². The summed E-state index contributed by atoms with van der Waals surface area (Å²) in [7, 11) is -1.66. The minimum absolute atomic E-state index is 0.103. The average molecular weight is 265 g/mol. The molecule has 1 aliphatic heterocycles. The summed E-state index contributed by atoms with van der Waals surface area (Å²) in [4.78, 5) is 14.3. The highest BCUT2D eigenvalue weighted by Crippen LogP contribution is 2.32. The Bertz CT molecular complexity index is 523. The van der Waals surface area contributed by atoms with E-state index in [0.717, 1.165) is 12.8 Å². The zero-order valence-electron chi connectivity index (χ0n) is 10.5. The molecule has 2 heterocycles. The van der Waals surface area contributed by atoms with Crippen LogP contribution in [0.3, 0.4) is 0 Å². The predicted octanol–water partition coefficient (Wildman–Crippen LogP) is -1.91. The molecule has 0 unspecified atom stereocenters. The highest BCUT2D eigenvalue weighted by molar-refractivity contribution is 6.57. The number of ether oxygens (including phenoxy) is 1. The summed E-state index contributed by atoms with van der Waals surface area (Å²) in [5.41, 5.74) is 0.440. The van der Waals surface area contributed by atoms with Crippen LogP contribution in [0.4, 0.5) is 5.69 Å². The van der Waals surface area contributed by atoms with Crippen molar-refractivity contribution in [3.8, 4) is 0 Å². The monoisotopic (exact) mass is 265 g/mol. The van der Waals surface area contributed by atoms with Gasteiger partial charge in [-0.05, 0) is 18.9 Å². The maximum atomic E-state index is 12.4. The van der Waals surface area contributed by atoms with E-state index in [0.29, 0.717) is 32.0 Å². The molecule has 102 valence electrons. The van der Waals surface area contributed by atoms with Gasteiger partial charge in [-0.25, -0.2) is 4.68 Å². The van der Waals surface area contributed by atoms with Crippen molar-refractivity contribution in [1.82, 2.24) is 9.78 Å². The quantitative estimate of drug-likeness (QED) is 0.620. The topological polar surface area (TPSA) is 87.8 Å². The van der Waals surface area contributed by atoms with Crippen LogP contribution in [0.25, 0.3) is 0 Å². The molecule has 0 bridgehead atoms. The van der Waals surface area contributed by atoms with Crippen LogP contribution in [0.5, 0.6) is 0 Å². The number of anilines is 1. The van der Waals surface area contributed by atoms with Gasteiger partial charge in [0, 0.05) is 13.1 Å². The molecule has 2 N–H and O–H groups in total. The Labute approximate surface area is 110 Å². The van der Waals surface area contributed by atoms with E-state index >= 15 is 0 Å². The summed E-state index contributed by atoms with van der Waals surface area (Å²) >= 11 is 0. The van der Waals surface area contributed by atoms with Crippen LogP contribution in [0.2, 0.25) is 0 Å². The van der Waals surface area contributed by atoms with E-state index < -0.39 is 7.12 Å². The molecule has 0 radical (unpaired) electrons. The molecule has 0 atom stereocenters. The smallest absolute Gasteiger partial charge is 0.422 e. The molecule has 2 aliphatic rings. The van der Waals surface area contributed by atoms with Gasteiger partial charge >= 0.3 is 7.12 Å². The lowest BCUT2D eigenvalue weighted by molar-refractivity contribution is 0.122. The summed E-state index contributed by atoms with van der Waals surface area (Å²) < 4.78 is 6.65. The van der Waals surface area contributed by atoms with E-state index in [1.165, 1.54) is 10.7 Å². The van der Waals surface area contributed by atoms with Crippen LogP contribution in [-0.4, -0.2) is 53.3 Å². The Hall–Kier alpha value is -1.38. The Morgan fingerprint density at radius 1 is 1.32 bits per heavy atom. The molecular weight excluding hydrogens is 249 g/mol. The molecule has 19 heavy (non-hydrogen) atoms. The second kappa shape index (κ2) is 4.95. The lowest BCUT2D eigenvalue weighted by Crippen LogP contribution is -2.45. The summed E-state index contributed by atoms with van der Waals surface area (Å²) in [5.74, 6) is 0. The maximum absolute atomic E-state index is 12.4. The first-order chi connectivity index (χ1) is 9.16. The summed E-state index contributed by atoms with van der Waals surface area (Å²) in [6.45, 7) is 2.40. The van der Waals surface area contributed by atoms with Crippen molar-refractivity contribution in [3.05, 3.63) is 16.4 Å². The second-order valence-electron chi connectivity index (χ2n) is 4.91. The van der Waals surface area contributed by atoms with E-state index in [2.05, 4.69) is 5.10 Å². The zero-order chi connectivity index (χ0) is 13.4. The first kappa shape index (κ1) is 12.6. The Balaban J connectivity index is 2.03.